The summed E-state index contributed by atoms with van der Waals surface area (Å²) in [5.41, 5.74) is 2.32. The van der Waals surface area contributed by atoms with Crippen molar-refractivity contribution in [3.63, 3.8) is 0 Å². The van der Waals surface area contributed by atoms with E-state index in [2.05, 4.69) is 20.3 Å². The molecule has 242 valence electrons. The summed E-state index contributed by atoms with van der Waals surface area (Å²) in [7, 11) is 1.49. The highest BCUT2D eigenvalue weighted by Crippen LogP contribution is 2.34. The highest BCUT2D eigenvalue weighted by molar-refractivity contribution is 6.08. The van der Waals surface area contributed by atoms with Gasteiger partial charge >= 0.3 is 6.09 Å². The summed E-state index contributed by atoms with van der Waals surface area (Å²) in [6.07, 6.45) is 4.03. The Morgan fingerprint density at radius 2 is 1.80 bits per heavy atom. The molecule has 14 heteroatoms. The normalized spacial score (nSPS) is 17.2. The van der Waals surface area contributed by atoms with E-state index in [9.17, 15) is 14.0 Å². The first kappa shape index (κ1) is 31.0. The Morgan fingerprint density at radius 1 is 1.04 bits per heavy atom. The molecule has 1 unspecified atom stereocenters. The molecule has 0 spiro atoms. The Balaban J connectivity index is 1.14. The van der Waals surface area contributed by atoms with Crippen LogP contribution in [0.15, 0.2) is 55.0 Å². The van der Waals surface area contributed by atoms with Gasteiger partial charge in [0.25, 0.3) is 5.91 Å². The molecule has 0 aliphatic carbocycles. The molecule has 13 nitrogen and oxygen atoms in total. The monoisotopic (exact) mass is 632 g/mol. The highest BCUT2D eigenvalue weighted by Gasteiger charge is 2.30. The second-order valence-corrected chi connectivity index (χ2v) is 12.1. The maximum absolute atomic E-state index is 14.2. The molecule has 2 aliphatic rings. The first-order chi connectivity index (χ1) is 22.1. The van der Waals surface area contributed by atoms with Gasteiger partial charge in [-0.05, 0) is 57.2 Å². The maximum atomic E-state index is 14.2. The molecule has 3 aromatic heterocycles. The number of halogens is 1. The van der Waals surface area contributed by atoms with Gasteiger partial charge in [0, 0.05) is 55.9 Å². The lowest BCUT2D eigenvalue weighted by Crippen LogP contribution is -2.50. The van der Waals surface area contributed by atoms with Crippen molar-refractivity contribution >= 4 is 34.8 Å². The lowest BCUT2D eigenvalue weighted by molar-refractivity contribution is 0.0240. The van der Waals surface area contributed by atoms with Crippen LogP contribution in [-0.4, -0.2) is 95.1 Å². The average Bonchev–Trinajstić information content (AvgIpc) is 3.48. The van der Waals surface area contributed by atoms with Crippen molar-refractivity contribution in [2.24, 2.45) is 0 Å². The van der Waals surface area contributed by atoms with Gasteiger partial charge in [-0.15, -0.1) is 0 Å². The van der Waals surface area contributed by atoms with Crippen LogP contribution < -0.4 is 19.9 Å². The van der Waals surface area contributed by atoms with Crippen LogP contribution in [0.3, 0.4) is 0 Å². The predicted molar refractivity (Wildman–Crippen MR) is 169 cm³/mol. The van der Waals surface area contributed by atoms with Crippen LogP contribution >= 0.6 is 0 Å². The van der Waals surface area contributed by atoms with Crippen molar-refractivity contribution in [3.05, 3.63) is 71.9 Å². The Bertz CT molecular complexity index is 1720. The fourth-order valence-electron chi connectivity index (χ4n) is 5.59. The molecule has 0 bridgehead atoms. The number of carbonyl (C=O) groups excluding carboxylic acids is 2. The second-order valence-electron chi connectivity index (χ2n) is 12.1. The first-order valence-corrected chi connectivity index (χ1v) is 15.1. The van der Waals surface area contributed by atoms with Gasteiger partial charge in [0.15, 0.2) is 5.65 Å². The number of carbonyl (C=O) groups is 2. The number of rotatable bonds is 6. The van der Waals surface area contributed by atoms with Crippen LogP contribution in [0.2, 0.25) is 0 Å². The molecule has 0 saturated carbocycles. The van der Waals surface area contributed by atoms with Gasteiger partial charge in [-0.1, -0.05) is 0 Å². The number of pyridine rings is 1. The number of morpholine rings is 1. The molecule has 1 aromatic carbocycles. The number of nitrogens with zero attached hydrogens (tertiary/aromatic N) is 7. The zero-order valence-corrected chi connectivity index (χ0v) is 26.3. The van der Waals surface area contributed by atoms with Gasteiger partial charge in [0.05, 0.1) is 38.8 Å². The lowest BCUT2D eigenvalue weighted by Gasteiger charge is -2.37. The summed E-state index contributed by atoms with van der Waals surface area (Å²) in [5, 5.41) is 7.27. The predicted octanol–water partition coefficient (Wildman–Crippen LogP) is 4.16. The van der Waals surface area contributed by atoms with Gasteiger partial charge < -0.3 is 34.2 Å². The Hall–Kier alpha value is -4.98. The van der Waals surface area contributed by atoms with Crippen molar-refractivity contribution in [2.45, 2.75) is 32.4 Å². The van der Waals surface area contributed by atoms with E-state index >= 15 is 0 Å². The summed E-state index contributed by atoms with van der Waals surface area (Å²) in [4.78, 5) is 40.6. The molecular weight excluding hydrogens is 595 g/mol. The number of piperazine rings is 1. The number of methoxy groups -OCH3 is 1. The first-order valence-electron chi connectivity index (χ1n) is 15.1. The molecule has 6 rings (SSSR count). The maximum Gasteiger partial charge on any atom is 0.410 e. The fraction of sp³-hybridized carbons (Fsp3) is 0.406. The SMILES string of the molecule is COc1ncc(F)cc1C1COCCN1c1ccn2ncc(C(=O)Nc3ccc(N4CCN(C(=O)OC(C)(C)C)CC4)cc3)c2n1. The quantitative estimate of drug-likeness (QED) is 0.331. The molecule has 1 N–H and O–H groups in total. The van der Waals surface area contributed by atoms with E-state index < -0.39 is 17.5 Å². The number of anilines is 3. The largest absolute Gasteiger partial charge is 0.481 e. The van der Waals surface area contributed by atoms with E-state index in [1.54, 1.807) is 17.2 Å². The smallest absolute Gasteiger partial charge is 0.410 e. The van der Waals surface area contributed by atoms with E-state index in [0.29, 0.717) is 73.5 Å². The number of amides is 2. The molecule has 2 aliphatic heterocycles. The zero-order valence-electron chi connectivity index (χ0n) is 26.3. The number of nitrogens with one attached hydrogen (secondary N) is 1. The Kier molecular flexibility index (Phi) is 8.63. The van der Waals surface area contributed by atoms with Crippen LogP contribution in [-0.2, 0) is 9.47 Å². The molecule has 0 radical (unpaired) electrons. The summed E-state index contributed by atoms with van der Waals surface area (Å²) in [6.45, 7) is 9.29. The van der Waals surface area contributed by atoms with Crippen LogP contribution in [0.1, 0.15) is 42.7 Å². The molecule has 2 saturated heterocycles. The summed E-state index contributed by atoms with van der Waals surface area (Å²) < 4.78 is 32.3. The minimum Gasteiger partial charge on any atom is -0.481 e. The van der Waals surface area contributed by atoms with Crippen molar-refractivity contribution < 1.29 is 28.2 Å². The lowest BCUT2D eigenvalue weighted by atomic mass is 10.1. The molecule has 4 aromatic rings. The average molecular weight is 633 g/mol. The number of hydrogen-bond acceptors (Lipinski definition) is 10. The fourth-order valence-corrected chi connectivity index (χ4v) is 5.59. The number of benzene rings is 1. The topological polar surface area (TPSA) is 127 Å². The zero-order chi connectivity index (χ0) is 32.4. The van der Waals surface area contributed by atoms with Gasteiger partial charge in [0.1, 0.15) is 22.8 Å². The van der Waals surface area contributed by atoms with E-state index in [1.807, 2.05) is 49.9 Å². The third kappa shape index (κ3) is 6.66. The third-order valence-corrected chi connectivity index (χ3v) is 7.84. The van der Waals surface area contributed by atoms with E-state index in [4.69, 9.17) is 19.2 Å². The van der Waals surface area contributed by atoms with Crippen LogP contribution in [0, 0.1) is 5.82 Å². The van der Waals surface area contributed by atoms with E-state index in [-0.39, 0.29) is 18.6 Å². The van der Waals surface area contributed by atoms with Crippen molar-refractivity contribution in [1.29, 1.82) is 0 Å². The van der Waals surface area contributed by atoms with Gasteiger partial charge in [-0.2, -0.15) is 5.10 Å². The number of fused-ring (bicyclic) bond motifs is 1. The molecule has 1 atom stereocenters. The van der Waals surface area contributed by atoms with Crippen LogP contribution in [0.4, 0.5) is 26.4 Å². The highest BCUT2D eigenvalue weighted by atomic mass is 19.1. The standard InChI is InChI=1S/C32H37FN8O5/c1-32(2,3)46-31(43)39-13-11-38(12-14-39)23-7-5-22(6-8-23)36-29(42)25-19-35-41-10-9-27(37-28(25)41)40-15-16-45-20-26(40)24-17-21(33)18-34-30(24)44-4/h5-10,17-19,26H,11-16,20H2,1-4H3,(H,36,42). The van der Waals surface area contributed by atoms with Crippen LogP contribution in [0.5, 0.6) is 5.88 Å². The Morgan fingerprint density at radius 3 is 2.52 bits per heavy atom. The van der Waals surface area contributed by atoms with E-state index in [0.717, 1.165) is 11.9 Å². The van der Waals surface area contributed by atoms with Crippen molar-refractivity contribution in [3.8, 4) is 5.88 Å². The van der Waals surface area contributed by atoms with Crippen molar-refractivity contribution in [1.82, 2.24) is 24.5 Å². The minimum absolute atomic E-state index is 0.288. The number of hydrogen-bond donors (Lipinski definition) is 1. The molecule has 5 heterocycles. The van der Waals surface area contributed by atoms with Crippen molar-refractivity contribution in [2.75, 3.05) is 68.2 Å². The molecule has 2 amide bonds. The summed E-state index contributed by atoms with van der Waals surface area (Å²) in [6, 6.07) is 10.4. The molecule has 2 fully saturated rings. The minimum atomic E-state index is -0.529. The Labute approximate surface area is 265 Å². The van der Waals surface area contributed by atoms with Gasteiger partial charge in [0.2, 0.25) is 5.88 Å². The molecular formula is C32H37FN8O5. The third-order valence-electron chi connectivity index (χ3n) is 7.84. The summed E-state index contributed by atoms with van der Waals surface area (Å²) >= 11 is 0. The second kappa shape index (κ2) is 12.8. The molecule has 46 heavy (non-hydrogen) atoms. The number of aromatic nitrogens is 4. The van der Waals surface area contributed by atoms with Gasteiger partial charge in [-0.3, -0.25) is 4.79 Å². The van der Waals surface area contributed by atoms with Crippen LogP contribution in [0.25, 0.3) is 5.65 Å². The van der Waals surface area contributed by atoms with E-state index in [1.165, 1.54) is 23.9 Å². The number of ether oxygens (including phenoxy) is 3. The summed E-state index contributed by atoms with van der Waals surface area (Å²) in [5.74, 6) is 0.0560. The van der Waals surface area contributed by atoms with Gasteiger partial charge in [-0.25, -0.2) is 23.7 Å².